The lowest BCUT2D eigenvalue weighted by Crippen LogP contribution is -2.53. The normalized spacial score (nSPS) is 21.4. The van der Waals surface area contributed by atoms with Crippen LogP contribution in [0.2, 0.25) is 0 Å². The van der Waals surface area contributed by atoms with Gasteiger partial charge in [0.15, 0.2) is 0 Å². The van der Waals surface area contributed by atoms with Crippen LogP contribution in [0.3, 0.4) is 0 Å². The van der Waals surface area contributed by atoms with Crippen molar-refractivity contribution in [3.63, 3.8) is 0 Å². The summed E-state index contributed by atoms with van der Waals surface area (Å²) in [6.45, 7) is 4.99. The standard InChI is InChI=1S/C19H27N5O3S/c1-2-13-28(26,27)24-8-4-6-17(15-24)19(25)23-11-9-22(10-12-23)18-16(14-20)5-3-7-21-18/h3,5,7,17H,2,4,6,8-13,15H2,1H3. The highest BCUT2D eigenvalue weighted by Crippen LogP contribution is 2.24. The molecule has 0 saturated carbocycles. The molecular formula is C19H27N5O3S. The summed E-state index contributed by atoms with van der Waals surface area (Å²) < 4.78 is 26.2. The number of hydrogen-bond acceptors (Lipinski definition) is 6. The lowest BCUT2D eigenvalue weighted by Gasteiger charge is -2.39. The first-order valence-electron chi connectivity index (χ1n) is 9.83. The number of anilines is 1. The number of piperidine rings is 1. The van der Waals surface area contributed by atoms with Crippen LogP contribution in [0.25, 0.3) is 0 Å². The molecule has 0 N–H and O–H groups in total. The van der Waals surface area contributed by atoms with Gasteiger partial charge in [0.1, 0.15) is 11.9 Å². The second-order valence-electron chi connectivity index (χ2n) is 7.31. The number of pyridine rings is 1. The molecule has 2 aliphatic heterocycles. The van der Waals surface area contributed by atoms with E-state index in [0.29, 0.717) is 57.1 Å². The Labute approximate surface area is 166 Å². The van der Waals surface area contributed by atoms with Crippen LogP contribution < -0.4 is 4.90 Å². The minimum absolute atomic E-state index is 0.0394. The highest BCUT2D eigenvalue weighted by atomic mass is 32.2. The zero-order valence-corrected chi connectivity index (χ0v) is 17.1. The zero-order chi connectivity index (χ0) is 20.1. The van der Waals surface area contributed by atoms with Crippen LogP contribution >= 0.6 is 0 Å². The van der Waals surface area contributed by atoms with Gasteiger partial charge in [-0.25, -0.2) is 17.7 Å². The molecule has 0 radical (unpaired) electrons. The quantitative estimate of drug-likeness (QED) is 0.726. The van der Waals surface area contributed by atoms with E-state index in [2.05, 4.69) is 11.1 Å². The maximum absolute atomic E-state index is 13.0. The van der Waals surface area contributed by atoms with Gasteiger partial charge in [-0.05, 0) is 31.4 Å². The van der Waals surface area contributed by atoms with Gasteiger partial charge in [-0.1, -0.05) is 6.92 Å². The number of aromatic nitrogens is 1. The van der Waals surface area contributed by atoms with E-state index in [1.807, 2.05) is 16.7 Å². The van der Waals surface area contributed by atoms with Crippen molar-refractivity contribution < 1.29 is 13.2 Å². The second-order valence-corrected chi connectivity index (χ2v) is 9.40. The fraction of sp³-hybridized carbons (Fsp3) is 0.632. The predicted octanol–water partition coefficient (Wildman–Crippen LogP) is 1.05. The van der Waals surface area contributed by atoms with E-state index in [4.69, 9.17) is 0 Å². The van der Waals surface area contributed by atoms with Crippen LogP contribution in [-0.2, 0) is 14.8 Å². The van der Waals surface area contributed by atoms with E-state index in [-0.39, 0.29) is 17.6 Å². The van der Waals surface area contributed by atoms with Gasteiger partial charge in [0.25, 0.3) is 0 Å². The average Bonchev–Trinajstić information content (AvgIpc) is 2.73. The van der Waals surface area contributed by atoms with E-state index in [9.17, 15) is 18.5 Å². The molecule has 9 heteroatoms. The number of amides is 1. The molecule has 0 spiro atoms. The van der Waals surface area contributed by atoms with Gasteiger partial charge in [0.05, 0.1) is 17.2 Å². The largest absolute Gasteiger partial charge is 0.352 e. The number of piperazine rings is 1. The van der Waals surface area contributed by atoms with Crippen molar-refractivity contribution in [1.29, 1.82) is 5.26 Å². The van der Waals surface area contributed by atoms with Gasteiger partial charge in [-0.15, -0.1) is 0 Å². The van der Waals surface area contributed by atoms with Crippen LogP contribution in [0.4, 0.5) is 5.82 Å². The molecule has 1 aromatic rings. The van der Waals surface area contributed by atoms with E-state index in [1.165, 1.54) is 4.31 Å². The first kappa shape index (κ1) is 20.6. The smallest absolute Gasteiger partial charge is 0.227 e. The highest BCUT2D eigenvalue weighted by Gasteiger charge is 2.35. The monoisotopic (exact) mass is 405 g/mol. The molecule has 0 aliphatic carbocycles. The summed E-state index contributed by atoms with van der Waals surface area (Å²) in [4.78, 5) is 21.1. The molecule has 1 atom stereocenters. The number of hydrogen-bond donors (Lipinski definition) is 0. The highest BCUT2D eigenvalue weighted by molar-refractivity contribution is 7.89. The SMILES string of the molecule is CCCS(=O)(=O)N1CCCC(C(=O)N2CCN(c3ncccc3C#N)CC2)C1. The van der Waals surface area contributed by atoms with E-state index < -0.39 is 10.0 Å². The maximum atomic E-state index is 13.0. The molecular weight excluding hydrogens is 378 g/mol. The molecule has 2 aliphatic rings. The summed E-state index contributed by atoms with van der Waals surface area (Å²) in [5.41, 5.74) is 0.534. The Hall–Kier alpha value is -2.18. The summed E-state index contributed by atoms with van der Waals surface area (Å²) in [5, 5.41) is 9.25. The lowest BCUT2D eigenvalue weighted by atomic mass is 9.97. The molecule has 2 saturated heterocycles. The van der Waals surface area contributed by atoms with Crippen molar-refractivity contribution in [3.05, 3.63) is 23.9 Å². The molecule has 28 heavy (non-hydrogen) atoms. The Balaban J connectivity index is 1.60. The van der Waals surface area contributed by atoms with E-state index in [0.717, 1.165) is 12.8 Å². The third-order valence-electron chi connectivity index (χ3n) is 5.39. The predicted molar refractivity (Wildman–Crippen MR) is 106 cm³/mol. The summed E-state index contributed by atoms with van der Waals surface area (Å²) in [6.07, 6.45) is 3.70. The van der Waals surface area contributed by atoms with Crippen LogP contribution in [0.15, 0.2) is 18.3 Å². The van der Waals surface area contributed by atoms with Crippen LogP contribution in [0.5, 0.6) is 0 Å². The molecule has 3 heterocycles. The number of nitriles is 1. The summed E-state index contributed by atoms with van der Waals surface area (Å²) in [6, 6.07) is 5.64. The van der Waals surface area contributed by atoms with Gasteiger partial charge in [0.2, 0.25) is 15.9 Å². The number of rotatable bonds is 5. The van der Waals surface area contributed by atoms with E-state index >= 15 is 0 Å². The van der Waals surface area contributed by atoms with Crippen molar-refractivity contribution in [1.82, 2.24) is 14.2 Å². The molecule has 3 rings (SSSR count). The number of carbonyl (C=O) groups excluding carboxylic acids is 1. The Kier molecular flexibility index (Phi) is 6.52. The van der Waals surface area contributed by atoms with Crippen LogP contribution in [-0.4, -0.2) is 73.5 Å². The molecule has 1 aromatic heterocycles. The topological polar surface area (TPSA) is 97.6 Å². The molecule has 8 nitrogen and oxygen atoms in total. The molecule has 0 bridgehead atoms. The molecule has 2 fully saturated rings. The van der Waals surface area contributed by atoms with Crippen LogP contribution in [0.1, 0.15) is 31.7 Å². The van der Waals surface area contributed by atoms with Crippen LogP contribution in [0, 0.1) is 17.2 Å². The van der Waals surface area contributed by atoms with Crippen molar-refractivity contribution in [2.24, 2.45) is 5.92 Å². The first-order chi connectivity index (χ1) is 13.5. The maximum Gasteiger partial charge on any atom is 0.227 e. The molecule has 152 valence electrons. The number of carbonyl (C=O) groups is 1. The third-order valence-corrected chi connectivity index (χ3v) is 7.43. The Morgan fingerprint density at radius 1 is 1.29 bits per heavy atom. The average molecular weight is 406 g/mol. The Bertz CT molecular complexity index is 843. The lowest BCUT2D eigenvalue weighted by molar-refractivity contribution is -0.137. The Morgan fingerprint density at radius 2 is 2.04 bits per heavy atom. The minimum atomic E-state index is -3.27. The summed E-state index contributed by atoms with van der Waals surface area (Å²) in [5.74, 6) is 0.568. The van der Waals surface area contributed by atoms with Gasteiger partial charge in [-0.3, -0.25) is 4.79 Å². The molecule has 1 unspecified atom stereocenters. The fourth-order valence-corrected chi connectivity index (χ4v) is 5.51. The van der Waals surface area contributed by atoms with E-state index in [1.54, 1.807) is 18.3 Å². The zero-order valence-electron chi connectivity index (χ0n) is 16.2. The van der Waals surface area contributed by atoms with Gasteiger partial charge >= 0.3 is 0 Å². The summed E-state index contributed by atoms with van der Waals surface area (Å²) >= 11 is 0. The fourth-order valence-electron chi connectivity index (χ4n) is 3.92. The second kappa shape index (κ2) is 8.88. The Morgan fingerprint density at radius 3 is 2.71 bits per heavy atom. The first-order valence-corrected chi connectivity index (χ1v) is 11.4. The molecule has 0 aromatic carbocycles. The van der Waals surface area contributed by atoms with Gasteiger partial charge in [0, 0.05) is 45.5 Å². The number of sulfonamides is 1. The van der Waals surface area contributed by atoms with Crippen molar-refractivity contribution >= 4 is 21.7 Å². The number of nitrogens with zero attached hydrogens (tertiary/aromatic N) is 5. The molecule has 1 amide bonds. The van der Waals surface area contributed by atoms with Gasteiger partial charge < -0.3 is 9.80 Å². The van der Waals surface area contributed by atoms with Gasteiger partial charge in [-0.2, -0.15) is 5.26 Å². The minimum Gasteiger partial charge on any atom is -0.352 e. The third kappa shape index (κ3) is 4.45. The van der Waals surface area contributed by atoms with Crippen molar-refractivity contribution in [3.8, 4) is 6.07 Å². The van der Waals surface area contributed by atoms with Crippen molar-refractivity contribution in [2.45, 2.75) is 26.2 Å². The summed E-state index contributed by atoms with van der Waals surface area (Å²) in [7, 11) is -3.27. The van der Waals surface area contributed by atoms with Crippen molar-refractivity contribution in [2.75, 3.05) is 49.9 Å².